The van der Waals surface area contributed by atoms with Crippen LogP contribution in [0.2, 0.25) is 0 Å². The van der Waals surface area contributed by atoms with Gasteiger partial charge in [-0.3, -0.25) is 4.79 Å². The molecule has 68 valence electrons. The average Bonchev–Trinajstić information content (AvgIpc) is 2.29. The second-order valence-corrected chi connectivity index (χ2v) is 2.68. The molecule has 0 spiro atoms. The highest BCUT2D eigenvalue weighted by Gasteiger charge is 2.27. The molecule has 12 heavy (non-hydrogen) atoms. The number of aliphatic hydroxyl groups is 1. The molecule has 0 saturated carbocycles. The van der Waals surface area contributed by atoms with E-state index in [1.165, 1.54) is 0 Å². The molecule has 3 nitrogen and oxygen atoms in total. The Balaban J connectivity index is 2.54. The number of nitrogens with zero attached hydrogens (tertiary/aromatic N) is 1. The fraction of sp³-hybridized carbons (Fsp3) is 0.571. The third kappa shape index (κ3) is 2.01. The second-order valence-electron chi connectivity index (χ2n) is 2.68. The van der Waals surface area contributed by atoms with E-state index in [4.69, 9.17) is 5.11 Å². The van der Waals surface area contributed by atoms with Crippen molar-refractivity contribution in [3.05, 3.63) is 12.2 Å². The molecule has 1 fully saturated rings. The van der Waals surface area contributed by atoms with Crippen LogP contribution in [0.3, 0.4) is 0 Å². The van der Waals surface area contributed by atoms with Crippen molar-refractivity contribution >= 4 is 5.91 Å². The number of aliphatic hydroxyl groups excluding tert-OH is 1. The Kier molecular flexibility index (Phi) is 2.75. The Morgan fingerprint density at radius 2 is 2.42 bits per heavy atom. The zero-order valence-electron chi connectivity index (χ0n) is 6.33. The van der Waals surface area contributed by atoms with Crippen molar-refractivity contribution in [1.29, 1.82) is 0 Å². The van der Waals surface area contributed by atoms with Crippen molar-refractivity contribution in [2.75, 3.05) is 13.3 Å². The quantitative estimate of drug-likeness (QED) is 0.669. The fourth-order valence-corrected chi connectivity index (χ4v) is 1.23. The Morgan fingerprint density at radius 1 is 1.75 bits per heavy atom. The fourth-order valence-electron chi connectivity index (χ4n) is 1.23. The van der Waals surface area contributed by atoms with Crippen LogP contribution in [0.5, 0.6) is 0 Å². The molecule has 1 aliphatic heterocycles. The molecule has 1 aliphatic rings. The summed E-state index contributed by atoms with van der Waals surface area (Å²) in [5.41, 5.74) is 0. The van der Waals surface area contributed by atoms with Crippen LogP contribution in [0.4, 0.5) is 8.78 Å². The summed E-state index contributed by atoms with van der Waals surface area (Å²) < 4.78 is 23.4. The van der Waals surface area contributed by atoms with Gasteiger partial charge < -0.3 is 10.0 Å². The third-order valence-corrected chi connectivity index (χ3v) is 1.78. The van der Waals surface area contributed by atoms with Crippen LogP contribution in [0, 0.1) is 5.92 Å². The SMILES string of the molecule is O=C1CC(C=C(F)F)CN1CO. The van der Waals surface area contributed by atoms with E-state index in [0.29, 0.717) is 0 Å². The molecule has 1 amide bonds. The molecule has 0 radical (unpaired) electrons. The minimum Gasteiger partial charge on any atom is -0.376 e. The summed E-state index contributed by atoms with van der Waals surface area (Å²) in [7, 11) is 0. The first kappa shape index (κ1) is 9.12. The van der Waals surface area contributed by atoms with Crippen molar-refractivity contribution in [2.24, 2.45) is 5.92 Å². The summed E-state index contributed by atoms with van der Waals surface area (Å²) in [5.74, 6) is -0.727. The number of halogens is 2. The van der Waals surface area contributed by atoms with Crippen LogP contribution in [0.25, 0.3) is 0 Å². The molecule has 0 aromatic carbocycles. The van der Waals surface area contributed by atoms with Gasteiger partial charge in [0.2, 0.25) is 5.91 Å². The van der Waals surface area contributed by atoms with Crippen LogP contribution >= 0.6 is 0 Å². The van der Waals surface area contributed by atoms with Crippen LogP contribution < -0.4 is 0 Å². The summed E-state index contributed by atoms with van der Waals surface area (Å²) in [6.07, 6.45) is -0.946. The molecule has 0 bridgehead atoms. The highest BCUT2D eigenvalue weighted by atomic mass is 19.3. The van der Waals surface area contributed by atoms with E-state index in [0.717, 1.165) is 11.0 Å². The van der Waals surface area contributed by atoms with Crippen LogP contribution in [-0.2, 0) is 4.79 Å². The number of carbonyl (C=O) groups excluding carboxylic acids is 1. The van der Waals surface area contributed by atoms with Gasteiger partial charge in [0.1, 0.15) is 6.73 Å². The maximum Gasteiger partial charge on any atom is 0.266 e. The van der Waals surface area contributed by atoms with Crippen LogP contribution in [-0.4, -0.2) is 29.2 Å². The zero-order valence-corrected chi connectivity index (χ0v) is 6.33. The topological polar surface area (TPSA) is 40.5 Å². The average molecular weight is 177 g/mol. The van der Waals surface area contributed by atoms with Crippen molar-refractivity contribution in [3.63, 3.8) is 0 Å². The Labute approximate surface area is 68.3 Å². The largest absolute Gasteiger partial charge is 0.376 e. The zero-order chi connectivity index (χ0) is 9.14. The summed E-state index contributed by atoms with van der Waals surface area (Å²) in [4.78, 5) is 12.0. The van der Waals surface area contributed by atoms with Crippen LogP contribution in [0.1, 0.15) is 6.42 Å². The molecule has 1 N–H and O–H groups in total. The summed E-state index contributed by atoms with van der Waals surface area (Å²) in [6, 6.07) is 0. The standard InChI is InChI=1S/C7H9F2NO2/c8-6(9)1-5-2-7(12)10(3-5)4-11/h1,5,11H,2-4H2. The first-order chi connectivity index (χ1) is 5.63. The van der Waals surface area contributed by atoms with Gasteiger partial charge in [-0.25, -0.2) is 0 Å². The Hall–Kier alpha value is -0.970. The lowest BCUT2D eigenvalue weighted by atomic mass is 10.1. The summed E-state index contributed by atoms with van der Waals surface area (Å²) in [5, 5.41) is 8.59. The third-order valence-electron chi connectivity index (χ3n) is 1.78. The minimum atomic E-state index is -1.77. The monoisotopic (exact) mass is 177 g/mol. The van der Waals surface area contributed by atoms with E-state index in [1.54, 1.807) is 0 Å². The van der Waals surface area contributed by atoms with Crippen molar-refractivity contribution in [2.45, 2.75) is 6.42 Å². The van der Waals surface area contributed by atoms with E-state index in [9.17, 15) is 13.6 Å². The predicted molar refractivity (Wildman–Crippen MR) is 37.2 cm³/mol. The van der Waals surface area contributed by atoms with Gasteiger partial charge in [-0.05, 0) is 6.08 Å². The molecule has 1 unspecified atom stereocenters. The molecule has 1 saturated heterocycles. The number of carbonyl (C=O) groups is 1. The molecular formula is C7H9F2NO2. The van der Waals surface area contributed by atoms with Gasteiger partial charge in [0.15, 0.2) is 0 Å². The minimum absolute atomic E-state index is 0.0674. The highest BCUT2D eigenvalue weighted by molar-refractivity contribution is 5.78. The molecule has 0 aromatic heterocycles. The van der Waals surface area contributed by atoms with Gasteiger partial charge in [-0.2, -0.15) is 8.78 Å². The normalized spacial score (nSPS) is 23.1. The molecule has 1 heterocycles. The maximum absolute atomic E-state index is 11.7. The first-order valence-electron chi connectivity index (χ1n) is 3.55. The lowest BCUT2D eigenvalue weighted by molar-refractivity contribution is -0.130. The Bertz CT molecular complexity index is 213. The van der Waals surface area contributed by atoms with E-state index in [2.05, 4.69) is 0 Å². The molecule has 5 heteroatoms. The van der Waals surface area contributed by atoms with Crippen molar-refractivity contribution in [3.8, 4) is 0 Å². The lowest BCUT2D eigenvalue weighted by Crippen LogP contribution is -2.25. The van der Waals surface area contributed by atoms with Crippen LogP contribution in [0.15, 0.2) is 12.2 Å². The highest BCUT2D eigenvalue weighted by Crippen LogP contribution is 2.20. The van der Waals surface area contributed by atoms with Crippen molar-refractivity contribution in [1.82, 2.24) is 4.90 Å². The number of amides is 1. The molecular weight excluding hydrogens is 168 g/mol. The van der Waals surface area contributed by atoms with Gasteiger partial charge in [-0.1, -0.05) is 0 Å². The predicted octanol–water partition coefficient (Wildman–Crippen LogP) is 0.565. The number of hydrogen-bond acceptors (Lipinski definition) is 2. The number of likely N-dealkylation sites (tertiary alicyclic amines) is 1. The van der Waals surface area contributed by atoms with Gasteiger partial charge in [0.05, 0.1) is 0 Å². The van der Waals surface area contributed by atoms with Gasteiger partial charge in [-0.15, -0.1) is 0 Å². The number of rotatable bonds is 2. The van der Waals surface area contributed by atoms with Gasteiger partial charge in [0.25, 0.3) is 6.08 Å². The van der Waals surface area contributed by atoms with E-state index in [1.807, 2.05) is 0 Å². The van der Waals surface area contributed by atoms with Crippen molar-refractivity contribution < 1.29 is 18.7 Å². The smallest absolute Gasteiger partial charge is 0.266 e. The van der Waals surface area contributed by atoms with E-state index >= 15 is 0 Å². The molecule has 1 rings (SSSR count). The number of hydrogen-bond donors (Lipinski definition) is 1. The molecule has 0 aliphatic carbocycles. The lowest BCUT2D eigenvalue weighted by Gasteiger charge is -2.10. The summed E-state index contributed by atoms with van der Waals surface area (Å²) >= 11 is 0. The Morgan fingerprint density at radius 3 is 2.83 bits per heavy atom. The second kappa shape index (κ2) is 3.62. The van der Waals surface area contributed by atoms with Gasteiger partial charge in [0, 0.05) is 18.9 Å². The summed E-state index contributed by atoms with van der Waals surface area (Å²) in [6.45, 7) is -0.205. The van der Waals surface area contributed by atoms with Gasteiger partial charge >= 0.3 is 0 Å². The van der Waals surface area contributed by atoms with E-state index in [-0.39, 0.29) is 18.9 Å². The van der Waals surface area contributed by atoms with E-state index < -0.39 is 18.7 Å². The first-order valence-corrected chi connectivity index (χ1v) is 3.55. The molecule has 1 atom stereocenters. The molecule has 0 aromatic rings. The maximum atomic E-state index is 11.7.